The molecule has 25 rings (SSSR count). The predicted octanol–water partition coefficient (Wildman–Crippen LogP) is 33.2. The molecule has 0 radical (unpaired) electrons. The second-order valence-electron chi connectivity index (χ2n) is 31.7. The van der Waals surface area contributed by atoms with Crippen LogP contribution in [0.25, 0.3) is 253 Å². The van der Waals surface area contributed by atoms with E-state index < -0.39 is 0 Å². The third-order valence-electron chi connectivity index (χ3n) is 25.5. The molecule has 0 bridgehead atoms. The van der Waals surface area contributed by atoms with Gasteiger partial charge in [-0.2, -0.15) is 0 Å². The first kappa shape index (κ1) is 67.2. The molecule has 23 aromatic rings. The van der Waals surface area contributed by atoms with Crippen molar-refractivity contribution < 1.29 is 0 Å². The van der Waals surface area contributed by atoms with Crippen LogP contribution in [0.1, 0.15) is 0 Å². The fourth-order valence-corrected chi connectivity index (χ4v) is 20.8. The minimum absolute atomic E-state index is 1.20. The zero-order valence-electron chi connectivity index (χ0n) is 64.6. The van der Waals surface area contributed by atoms with E-state index in [0.717, 1.165) is 0 Å². The lowest BCUT2D eigenvalue weighted by Crippen LogP contribution is -1.97. The minimum Gasteiger partial charge on any atom is -0.0622 e. The molecule has 0 fully saturated rings. The van der Waals surface area contributed by atoms with Crippen LogP contribution in [0.3, 0.4) is 0 Å². The Hall–Kier alpha value is -15.3. The molecule has 118 heavy (non-hydrogen) atoms. The molecule has 0 aromatic heterocycles. The van der Waals surface area contributed by atoms with Gasteiger partial charge >= 0.3 is 0 Å². The summed E-state index contributed by atoms with van der Waals surface area (Å²) in [7, 11) is 0. The summed E-state index contributed by atoms with van der Waals surface area (Å²) in [5.74, 6) is 0. The van der Waals surface area contributed by atoms with E-state index >= 15 is 0 Å². The van der Waals surface area contributed by atoms with Crippen LogP contribution in [-0.2, 0) is 0 Å². The Morgan fingerprint density at radius 3 is 0.441 bits per heavy atom. The molecule has 0 unspecified atom stereocenters. The zero-order valence-corrected chi connectivity index (χ0v) is 64.6. The van der Waals surface area contributed by atoms with Gasteiger partial charge in [0.05, 0.1) is 0 Å². The fourth-order valence-electron chi connectivity index (χ4n) is 20.8. The van der Waals surface area contributed by atoms with Gasteiger partial charge in [-0.15, -0.1) is 0 Å². The second kappa shape index (κ2) is 27.2. The number of hydrogen-bond acceptors (Lipinski definition) is 0. The van der Waals surface area contributed by atoms with Gasteiger partial charge in [0.15, 0.2) is 0 Å². The molecule has 0 heteroatoms. The van der Waals surface area contributed by atoms with Gasteiger partial charge in [-0.3, -0.25) is 0 Å². The summed E-state index contributed by atoms with van der Waals surface area (Å²) in [5, 5.41) is 23.4. The average molecular weight is 1490 g/mol. The first-order valence-corrected chi connectivity index (χ1v) is 41.1. The summed E-state index contributed by atoms with van der Waals surface area (Å²) in [6.45, 7) is 0. The van der Waals surface area contributed by atoms with Crippen LogP contribution in [0.4, 0.5) is 0 Å². The van der Waals surface area contributed by atoms with Gasteiger partial charge in [-0.1, -0.05) is 437 Å². The maximum atomic E-state index is 2.45. The summed E-state index contributed by atoms with van der Waals surface area (Å²) in [5.41, 5.74) is 35.6. The molecule has 2 aliphatic rings. The van der Waals surface area contributed by atoms with Gasteiger partial charge in [-0.05, 0) is 253 Å². The Morgan fingerprint density at radius 1 is 0.0763 bits per heavy atom. The molecule has 23 aromatic carbocycles. The van der Waals surface area contributed by atoms with Gasteiger partial charge in [0, 0.05) is 0 Å². The number of rotatable bonds is 10. The maximum Gasteiger partial charge on any atom is -0.000139 e. The molecular formula is C118H72. The third kappa shape index (κ3) is 10.2. The van der Waals surface area contributed by atoms with Crippen molar-refractivity contribution in [2.45, 2.75) is 0 Å². The summed E-state index contributed by atoms with van der Waals surface area (Å²) >= 11 is 0. The van der Waals surface area contributed by atoms with E-state index in [-0.39, 0.29) is 0 Å². The largest absolute Gasteiger partial charge is 0.0622 e. The standard InChI is InChI=1S/C64H36.C54H36/c1-5-17-37(18-6-1)53-41-25-13-14-26-42(41)54(38-19-7-2-8-20-38)62-50-34-30-46-48-32-36-52-60-51(35-31-47(58(48)60)45-29-33-49(61(53)62)59(50)57(45)46)63-55(39-21-9-3-10-22-39)43-27-15-16-28-44(43)56(64(52)63)40-23-11-4-12-24-40;1-5-17-37(18-6-1)39-29-33-43(34-30-39)51-47-27-15-16-28-48(47)52(44-35-31-40(32-36-44)38-19-7-2-8-20-38)54-50(42-23-11-4-12-24-42)46-26-14-13-25-45(46)49(53(51)54)41-21-9-3-10-22-41/h1-36H;1-36H. The zero-order chi connectivity index (χ0) is 77.5. The first-order chi connectivity index (χ1) is 58.7. The van der Waals surface area contributed by atoms with Crippen LogP contribution in [0.2, 0.25) is 0 Å². The van der Waals surface area contributed by atoms with Gasteiger partial charge in [0.1, 0.15) is 0 Å². The highest BCUT2D eigenvalue weighted by molar-refractivity contribution is 6.43. The van der Waals surface area contributed by atoms with Crippen molar-refractivity contribution in [1.29, 1.82) is 0 Å². The maximum absolute atomic E-state index is 2.45. The van der Waals surface area contributed by atoms with E-state index in [2.05, 4.69) is 437 Å². The summed E-state index contributed by atoms with van der Waals surface area (Å²) in [4.78, 5) is 0. The minimum atomic E-state index is 1.20. The van der Waals surface area contributed by atoms with Gasteiger partial charge < -0.3 is 0 Å². The average Bonchev–Trinajstić information content (AvgIpc) is 1.30. The van der Waals surface area contributed by atoms with Crippen LogP contribution in [0.5, 0.6) is 0 Å². The highest BCUT2D eigenvalue weighted by Crippen LogP contribution is 2.64. The molecule has 0 saturated heterocycles. The Morgan fingerprint density at radius 2 is 0.229 bits per heavy atom. The molecule has 0 aliphatic heterocycles. The fraction of sp³-hybridized carbons (Fsp3) is 0. The van der Waals surface area contributed by atoms with Crippen molar-refractivity contribution in [3.05, 3.63) is 437 Å². The Bertz CT molecular complexity index is 7240. The van der Waals surface area contributed by atoms with Crippen molar-refractivity contribution in [1.82, 2.24) is 0 Å². The third-order valence-corrected chi connectivity index (χ3v) is 25.5. The Labute approximate surface area is 684 Å². The lowest BCUT2D eigenvalue weighted by molar-refractivity contribution is 1.60. The topological polar surface area (TPSA) is 0 Å². The van der Waals surface area contributed by atoms with Crippen molar-refractivity contribution in [2.24, 2.45) is 0 Å². The predicted molar refractivity (Wildman–Crippen MR) is 505 cm³/mol. The van der Waals surface area contributed by atoms with Crippen LogP contribution in [-0.4, -0.2) is 0 Å². The highest BCUT2D eigenvalue weighted by atomic mass is 14.4. The van der Waals surface area contributed by atoms with E-state index in [1.165, 1.54) is 253 Å². The van der Waals surface area contributed by atoms with Crippen molar-refractivity contribution in [2.75, 3.05) is 0 Å². The van der Waals surface area contributed by atoms with E-state index in [4.69, 9.17) is 0 Å². The molecular weight excluding hydrogens is 1420 g/mol. The monoisotopic (exact) mass is 1490 g/mol. The van der Waals surface area contributed by atoms with Crippen molar-refractivity contribution in [3.63, 3.8) is 0 Å². The highest BCUT2D eigenvalue weighted by Gasteiger charge is 2.36. The normalized spacial score (nSPS) is 11.9. The first-order valence-electron chi connectivity index (χ1n) is 41.1. The molecule has 0 N–H and O–H groups in total. The molecule has 0 amide bonds. The molecule has 544 valence electrons. The quantitative estimate of drug-likeness (QED) is 0.0946. The van der Waals surface area contributed by atoms with E-state index in [1.54, 1.807) is 0 Å². The SMILES string of the molecule is c1ccc(-c2c3c(c(-c4ccccc4)c4ccccc24)-c2ccc4c5ccc6c7c(ccc(c8ccc-3c2c84)c75)-c2c-6c(-c3ccccc3)c3ccccc3c2-c2ccccc2)cc1.c1ccc(-c2ccc(-c3c4ccccc4c(-c4ccc(-c5ccccc5)cc4)c4c(-c5ccccc5)c5ccccc5c(-c5ccccc5)c34)cc2)cc1. The molecule has 0 nitrogen and oxygen atoms in total. The van der Waals surface area contributed by atoms with Gasteiger partial charge in [0.25, 0.3) is 0 Å². The van der Waals surface area contributed by atoms with Crippen LogP contribution < -0.4 is 0 Å². The van der Waals surface area contributed by atoms with Gasteiger partial charge in [-0.25, -0.2) is 0 Å². The molecule has 0 atom stereocenters. The lowest BCUT2D eigenvalue weighted by Gasteiger charge is -2.25. The van der Waals surface area contributed by atoms with E-state index in [0.29, 0.717) is 0 Å². The second-order valence-corrected chi connectivity index (χ2v) is 31.7. The molecule has 2 aliphatic carbocycles. The smallest absolute Gasteiger partial charge is 0.000139 e. The van der Waals surface area contributed by atoms with Crippen LogP contribution in [0, 0.1) is 0 Å². The number of fused-ring (bicyclic) bond motifs is 13. The van der Waals surface area contributed by atoms with Crippen molar-refractivity contribution >= 4 is 97.0 Å². The van der Waals surface area contributed by atoms with E-state index in [9.17, 15) is 0 Å². The summed E-state index contributed by atoms with van der Waals surface area (Å²) < 4.78 is 0. The Balaban J connectivity index is 0.000000137. The number of hydrogen-bond donors (Lipinski definition) is 0. The van der Waals surface area contributed by atoms with Crippen LogP contribution in [0.15, 0.2) is 437 Å². The lowest BCUT2D eigenvalue weighted by atomic mass is 9.77. The van der Waals surface area contributed by atoms with Crippen LogP contribution >= 0.6 is 0 Å². The van der Waals surface area contributed by atoms with Gasteiger partial charge in [0.2, 0.25) is 0 Å². The summed E-state index contributed by atoms with van der Waals surface area (Å²) in [6, 6.07) is 162. The molecule has 0 spiro atoms. The van der Waals surface area contributed by atoms with Crippen molar-refractivity contribution in [3.8, 4) is 156 Å². The summed E-state index contributed by atoms with van der Waals surface area (Å²) in [6.07, 6.45) is 0. The number of benzene rings is 23. The molecule has 0 heterocycles. The molecule has 0 saturated carbocycles. The van der Waals surface area contributed by atoms with E-state index in [1.807, 2.05) is 0 Å². The Kier molecular flexibility index (Phi) is 15.5.